The van der Waals surface area contributed by atoms with Crippen molar-refractivity contribution in [2.75, 3.05) is 26.6 Å². The van der Waals surface area contributed by atoms with E-state index in [0.717, 1.165) is 28.1 Å². The van der Waals surface area contributed by atoms with Gasteiger partial charge in [0.25, 0.3) is 0 Å². The third-order valence-electron chi connectivity index (χ3n) is 4.33. The van der Waals surface area contributed by atoms with Crippen LogP contribution in [0.3, 0.4) is 0 Å². The minimum Gasteiger partial charge on any atom is -0.493 e. The van der Waals surface area contributed by atoms with Gasteiger partial charge in [0.2, 0.25) is 11.7 Å². The van der Waals surface area contributed by atoms with Crippen molar-refractivity contribution in [3.8, 4) is 28.5 Å². The third-order valence-corrected chi connectivity index (χ3v) is 4.33. The summed E-state index contributed by atoms with van der Waals surface area (Å²) in [5.74, 6) is 2.23. The maximum atomic E-state index is 5.43. The molecular formula is C21H23N3O3. The van der Waals surface area contributed by atoms with E-state index in [2.05, 4.69) is 41.3 Å². The molecule has 1 heterocycles. The topological polar surface area (TPSA) is 65.5 Å². The highest BCUT2D eigenvalue weighted by molar-refractivity contribution is 5.70. The van der Waals surface area contributed by atoms with Gasteiger partial charge in [-0.1, -0.05) is 18.2 Å². The van der Waals surface area contributed by atoms with Crippen molar-refractivity contribution in [1.82, 2.24) is 9.97 Å². The van der Waals surface area contributed by atoms with Gasteiger partial charge in [-0.05, 0) is 43.2 Å². The molecule has 0 saturated carbocycles. The minimum absolute atomic E-state index is 0.527. The molecule has 27 heavy (non-hydrogen) atoms. The van der Waals surface area contributed by atoms with Gasteiger partial charge in [-0.25, -0.2) is 9.97 Å². The van der Waals surface area contributed by atoms with Crippen LogP contribution in [-0.4, -0.2) is 31.3 Å². The van der Waals surface area contributed by atoms with Crippen molar-refractivity contribution in [2.24, 2.45) is 0 Å². The highest BCUT2D eigenvalue weighted by Gasteiger charge is 2.15. The Bertz CT molecular complexity index is 912. The lowest BCUT2D eigenvalue weighted by Gasteiger charge is -2.15. The molecule has 6 nitrogen and oxygen atoms in total. The maximum Gasteiger partial charge on any atom is 0.227 e. The zero-order valence-electron chi connectivity index (χ0n) is 16.2. The van der Waals surface area contributed by atoms with E-state index >= 15 is 0 Å². The fraction of sp³-hybridized carbons (Fsp3) is 0.238. The normalized spacial score (nSPS) is 10.4. The summed E-state index contributed by atoms with van der Waals surface area (Å²) in [6, 6.07) is 11.7. The molecule has 0 unspecified atom stereocenters. The highest BCUT2D eigenvalue weighted by Crippen LogP contribution is 2.40. The Labute approximate surface area is 159 Å². The molecule has 6 heteroatoms. The summed E-state index contributed by atoms with van der Waals surface area (Å²) >= 11 is 0. The van der Waals surface area contributed by atoms with Crippen LogP contribution in [-0.2, 0) is 0 Å². The molecule has 1 aromatic heterocycles. The molecule has 0 saturated heterocycles. The number of para-hydroxylation sites is 1. The van der Waals surface area contributed by atoms with Gasteiger partial charge in [-0.15, -0.1) is 0 Å². The van der Waals surface area contributed by atoms with Crippen molar-refractivity contribution >= 4 is 11.6 Å². The first-order valence-corrected chi connectivity index (χ1v) is 8.54. The molecule has 3 rings (SSSR count). The summed E-state index contributed by atoms with van der Waals surface area (Å²) in [6.45, 7) is 4.11. The van der Waals surface area contributed by atoms with Gasteiger partial charge in [0, 0.05) is 17.4 Å². The SMILES string of the molecule is COc1cc(-c2ccnc(Nc3c(C)cccc3C)n2)cc(OC)c1OC. The molecule has 0 aliphatic heterocycles. The standard InChI is InChI=1S/C21H23N3O3/c1-13-7-6-8-14(2)19(13)24-21-22-10-9-16(23-21)15-11-17(25-3)20(27-5)18(12-15)26-4/h6-12H,1-5H3,(H,22,23,24). The Balaban J connectivity index is 2.01. The average Bonchev–Trinajstić information content (AvgIpc) is 2.69. The zero-order valence-corrected chi connectivity index (χ0v) is 16.2. The van der Waals surface area contributed by atoms with Gasteiger partial charge in [0.05, 0.1) is 27.0 Å². The van der Waals surface area contributed by atoms with Gasteiger partial charge in [0.15, 0.2) is 11.5 Å². The largest absolute Gasteiger partial charge is 0.493 e. The van der Waals surface area contributed by atoms with Crippen LogP contribution >= 0.6 is 0 Å². The second-order valence-electron chi connectivity index (χ2n) is 6.07. The fourth-order valence-electron chi connectivity index (χ4n) is 2.93. The summed E-state index contributed by atoms with van der Waals surface area (Å²) in [5.41, 5.74) is 4.88. The number of hydrogen-bond acceptors (Lipinski definition) is 6. The summed E-state index contributed by atoms with van der Waals surface area (Å²) in [6.07, 6.45) is 1.72. The van der Waals surface area contributed by atoms with E-state index < -0.39 is 0 Å². The third kappa shape index (κ3) is 3.79. The van der Waals surface area contributed by atoms with Crippen molar-refractivity contribution in [2.45, 2.75) is 13.8 Å². The first-order valence-electron chi connectivity index (χ1n) is 8.54. The van der Waals surface area contributed by atoms with Crippen molar-refractivity contribution in [1.29, 1.82) is 0 Å². The predicted molar refractivity (Wildman–Crippen MR) is 106 cm³/mol. The van der Waals surface area contributed by atoms with Gasteiger partial charge in [-0.2, -0.15) is 0 Å². The molecule has 0 amide bonds. The maximum absolute atomic E-state index is 5.43. The molecular weight excluding hydrogens is 342 g/mol. The molecule has 0 fully saturated rings. The molecule has 140 valence electrons. The second-order valence-corrected chi connectivity index (χ2v) is 6.07. The monoisotopic (exact) mass is 365 g/mol. The van der Waals surface area contributed by atoms with E-state index in [-0.39, 0.29) is 0 Å². The number of aryl methyl sites for hydroxylation is 2. The average molecular weight is 365 g/mol. The zero-order chi connectivity index (χ0) is 19.4. The van der Waals surface area contributed by atoms with Crippen LogP contribution < -0.4 is 19.5 Å². The Morgan fingerprint density at radius 3 is 2.04 bits per heavy atom. The molecule has 0 aliphatic carbocycles. The van der Waals surface area contributed by atoms with Crippen LogP contribution in [0.5, 0.6) is 17.2 Å². The molecule has 0 aliphatic rings. The van der Waals surface area contributed by atoms with Crippen molar-refractivity contribution in [3.63, 3.8) is 0 Å². The number of ether oxygens (including phenoxy) is 3. The smallest absolute Gasteiger partial charge is 0.227 e. The minimum atomic E-state index is 0.527. The number of aromatic nitrogens is 2. The van der Waals surface area contributed by atoms with Crippen molar-refractivity contribution in [3.05, 3.63) is 53.7 Å². The molecule has 1 N–H and O–H groups in total. The Kier molecular flexibility index (Phi) is 5.45. The van der Waals surface area contributed by atoms with Crippen LogP contribution in [0.4, 0.5) is 11.6 Å². The van der Waals surface area contributed by atoms with E-state index in [9.17, 15) is 0 Å². The van der Waals surface area contributed by atoms with Crippen LogP contribution in [0.2, 0.25) is 0 Å². The predicted octanol–water partition coefficient (Wildman–Crippen LogP) is 4.53. The van der Waals surface area contributed by atoms with Gasteiger partial charge in [-0.3, -0.25) is 0 Å². The molecule has 0 bridgehead atoms. The molecule has 0 radical (unpaired) electrons. The first kappa shape index (κ1) is 18.5. The van der Waals surface area contributed by atoms with Crippen LogP contribution in [0.15, 0.2) is 42.6 Å². The second kappa shape index (κ2) is 7.95. The number of rotatable bonds is 6. The summed E-state index contributed by atoms with van der Waals surface area (Å²) in [5, 5.41) is 3.32. The number of hydrogen-bond donors (Lipinski definition) is 1. The number of anilines is 2. The Hall–Kier alpha value is -3.28. The number of benzene rings is 2. The van der Waals surface area contributed by atoms with Crippen molar-refractivity contribution < 1.29 is 14.2 Å². The molecule has 3 aromatic rings. The van der Waals surface area contributed by atoms with Gasteiger partial charge in [0.1, 0.15) is 0 Å². The summed E-state index contributed by atoms with van der Waals surface area (Å²) in [7, 11) is 4.77. The van der Waals surface area contributed by atoms with E-state index in [1.54, 1.807) is 27.5 Å². The quantitative estimate of drug-likeness (QED) is 0.692. The number of nitrogens with one attached hydrogen (secondary N) is 1. The summed E-state index contributed by atoms with van der Waals surface area (Å²) < 4.78 is 16.3. The van der Waals surface area contributed by atoms with Crippen LogP contribution in [0.1, 0.15) is 11.1 Å². The van der Waals surface area contributed by atoms with Gasteiger partial charge >= 0.3 is 0 Å². The van der Waals surface area contributed by atoms with Crippen LogP contribution in [0, 0.1) is 13.8 Å². The molecule has 2 aromatic carbocycles. The first-order chi connectivity index (χ1) is 13.1. The number of methoxy groups -OCH3 is 3. The molecule has 0 atom stereocenters. The lowest BCUT2D eigenvalue weighted by Crippen LogP contribution is -2.01. The highest BCUT2D eigenvalue weighted by atomic mass is 16.5. The molecule has 0 spiro atoms. The van der Waals surface area contributed by atoms with E-state index in [4.69, 9.17) is 14.2 Å². The fourth-order valence-corrected chi connectivity index (χ4v) is 2.93. The number of nitrogens with zero attached hydrogens (tertiary/aromatic N) is 2. The van der Waals surface area contributed by atoms with Crippen LogP contribution in [0.25, 0.3) is 11.3 Å². The summed E-state index contributed by atoms with van der Waals surface area (Å²) in [4.78, 5) is 9.00. The Morgan fingerprint density at radius 1 is 0.852 bits per heavy atom. The van der Waals surface area contributed by atoms with Gasteiger partial charge < -0.3 is 19.5 Å². The van der Waals surface area contributed by atoms with E-state index in [0.29, 0.717) is 23.2 Å². The lowest BCUT2D eigenvalue weighted by molar-refractivity contribution is 0.324. The Morgan fingerprint density at radius 2 is 1.48 bits per heavy atom. The van der Waals surface area contributed by atoms with E-state index in [1.807, 2.05) is 24.3 Å². The lowest BCUT2D eigenvalue weighted by atomic mass is 10.1. The van der Waals surface area contributed by atoms with E-state index in [1.165, 1.54) is 0 Å².